The zero-order valence-electron chi connectivity index (χ0n) is 16.4. The number of benzene rings is 2. The van der Waals surface area contributed by atoms with E-state index in [1.807, 2.05) is 19.1 Å². The average Bonchev–Trinajstić information content (AvgIpc) is 3.11. The van der Waals surface area contributed by atoms with E-state index in [4.69, 9.17) is 27.9 Å². The largest absolute Gasteiger partial charge is 0.476 e. The van der Waals surface area contributed by atoms with Crippen LogP contribution in [0.5, 0.6) is 11.6 Å². The molecule has 0 unspecified atom stereocenters. The molecule has 0 atom stereocenters. The van der Waals surface area contributed by atoms with Crippen molar-refractivity contribution in [3.05, 3.63) is 93.9 Å². The lowest BCUT2D eigenvalue weighted by Crippen LogP contribution is -2.12. The monoisotopic (exact) mass is 453 g/mol. The fourth-order valence-corrected chi connectivity index (χ4v) is 3.50. The second kappa shape index (κ2) is 8.79. The SMILES string of the molecule is Cc1ccc(Oc2nc(-c3cccnc3)n(Cc3cc(Cl)ccc3Cl)c2C(=O)O)cc1. The van der Waals surface area contributed by atoms with Crippen molar-refractivity contribution in [2.24, 2.45) is 0 Å². The van der Waals surface area contributed by atoms with Crippen LogP contribution >= 0.6 is 23.2 Å². The van der Waals surface area contributed by atoms with E-state index in [0.717, 1.165) is 5.56 Å². The third kappa shape index (κ3) is 4.55. The first-order chi connectivity index (χ1) is 14.9. The molecule has 0 bridgehead atoms. The number of imidazole rings is 1. The molecule has 31 heavy (non-hydrogen) atoms. The minimum absolute atomic E-state index is 0.0200. The van der Waals surface area contributed by atoms with Gasteiger partial charge in [0.2, 0.25) is 0 Å². The molecule has 156 valence electrons. The Hall–Kier alpha value is -3.35. The van der Waals surface area contributed by atoms with Gasteiger partial charge in [0, 0.05) is 28.0 Å². The summed E-state index contributed by atoms with van der Waals surface area (Å²) in [5.41, 5.74) is 2.25. The number of aromatic carboxylic acids is 1. The predicted octanol–water partition coefficient (Wildman–Crippen LogP) is 6.10. The van der Waals surface area contributed by atoms with Gasteiger partial charge in [-0.2, -0.15) is 4.98 Å². The summed E-state index contributed by atoms with van der Waals surface area (Å²) in [6.07, 6.45) is 3.24. The summed E-state index contributed by atoms with van der Waals surface area (Å²) < 4.78 is 7.41. The van der Waals surface area contributed by atoms with Gasteiger partial charge in [-0.05, 0) is 55.0 Å². The lowest BCUT2D eigenvalue weighted by Gasteiger charge is -2.12. The molecule has 2 aromatic heterocycles. The summed E-state index contributed by atoms with van der Waals surface area (Å²) in [5, 5.41) is 11.0. The van der Waals surface area contributed by atoms with E-state index in [1.165, 1.54) is 0 Å². The fraction of sp³-hybridized carbons (Fsp3) is 0.0870. The molecule has 0 aliphatic rings. The van der Waals surface area contributed by atoms with Crippen LogP contribution in [0, 0.1) is 6.92 Å². The number of rotatable bonds is 6. The van der Waals surface area contributed by atoms with E-state index in [1.54, 1.807) is 59.4 Å². The van der Waals surface area contributed by atoms with E-state index in [9.17, 15) is 9.90 Å². The predicted molar refractivity (Wildman–Crippen MR) is 119 cm³/mol. The van der Waals surface area contributed by atoms with Gasteiger partial charge in [-0.15, -0.1) is 0 Å². The molecule has 0 fully saturated rings. The molecular formula is C23H17Cl2N3O3. The molecule has 0 radical (unpaired) electrons. The van der Waals surface area contributed by atoms with Crippen LogP contribution in [0.1, 0.15) is 21.6 Å². The van der Waals surface area contributed by atoms with Crippen molar-refractivity contribution in [3.8, 4) is 23.0 Å². The van der Waals surface area contributed by atoms with Gasteiger partial charge in [0.1, 0.15) is 11.6 Å². The summed E-state index contributed by atoms with van der Waals surface area (Å²) in [6, 6.07) is 15.9. The molecule has 0 saturated carbocycles. The Morgan fingerprint density at radius 3 is 2.58 bits per heavy atom. The Balaban J connectivity index is 1.87. The lowest BCUT2D eigenvalue weighted by molar-refractivity contribution is 0.0682. The number of aryl methyl sites for hydroxylation is 1. The highest BCUT2D eigenvalue weighted by atomic mass is 35.5. The number of carboxylic acid groups (broad SMARTS) is 1. The zero-order valence-corrected chi connectivity index (χ0v) is 17.9. The lowest BCUT2D eigenvalue weighted by atomic mass is 10.2. The van der Waals surface area contributed by atoms with Crippen LogP contribution in [-0.4, -0.2) is 25.6 Å². The van der Waals surface area contributed by atoms with Gasteiger partial charge in [0.15, 0.2) is 5.69 Å². The summed E-state index contributed by atoms with van der Waals surface area (Å²) in [4.78, 5) is 20.9. The van der Waals surface area contributed by atoms with E-state index in [0.29, 0.717) is 32.7 Å². The number of hydrogen-bond acceptors (Lipinski definition) is 4. The number of aromatic nitrogens is 3. The molecule has 2 heterocycles. The van der Waals surface area contributed by atoms with E-state index in [2.05, 4.69) is 9.97 Å². The molecule has 4 rings (SSSR count). The minimum atomic E-state index is -1.18. The third-order valence-corrected chi connectivity index (χ3v) is 5.23. The van der Waals surface area contributed by atoms with Crippen LogP contribution in [0.3, 0.4) is 0 Å². The highest BCUT2D eigenvalue weighted by Gasteiger charge is 2.26. The molecule has 1 N–H and O–H groups in total. The molecule has 0 aliphatic heterocycles. The maximum atomic E-state index is 12.3. The smallest absolute Gasteiger partial charge is 0.358 e. The standard InChI is InChI=1S/C23H17Cl2N3O3/c1-14-4-7-18(8-5-14)31-22-20(23(29)30)28(13-16-11-17(24)6-9-19(16)25)21(27-22)15-3-2-10-26-12-15/h2-12H,13H2,1H3,(H,29,30). The van der Waals surface area contributed by atoms with Crippen molar-refractivity contribution in [2.45, 2.75) is 13.5 Å². The number of carbonyl (C=O) groups is 1. The van der Waals surface area contributed by atoms with Crippen LogP contribution in [0.2, 0.25) is 10.0 Å². The Labute approximate surface area is 188 Å². The van der Waals surface area contributed by atoms with Crippen LogP contribution in [0.15, 0.2) is 67.0 Å². The number of nitrogens with zero attached hydrogens (tertiary/aromatic N) is 3. The molecule has 6 nitrogen and oxygen atoms in total. The Morgan fingerprint density at radius 2 is 1.90 bits per heavy atom. The maximum absolute atomic E-state index is 12.3. The van der Waals surface area contributed by atoms with Gasteiger partial charge in [-0.1, -0.05) is 40.9 Å². The topological polar surface area (TPSA) is 77.2 Å². The Morgan fingerprint density at radius 1 is 1.13 bits per heavy atom. The molecule has 0 spiro atoms. The van der Waals surface area contributed by atoms with Crippen molar-refractivity contribution >= 4 is 29.2 Å². The van der Waals surface area contributed by atoms with E-state index < -0.39 is 5.97 Å². The fourth-order valence-electron chi connectivity index (χ4n) is 3.13. The van der Waals surface area contributed by atoms with Crippen molar-refractivity contribution < 1.29 is 14.6 Å². The van der Waals surface area contributed by atoms with Gasteiger partial charge in [-0.3, -0.25) is 4.98 Å². The second-order valence-corrected chi connectivity index (χ2v) is 7.72. The summed E-state index contributed by atoms with van der Waals surface area (Å²) in [5.74, 6) is -0.323. The van der Waals surface area contributed by atoms with Gasteiger partial charge in [-0.25, -0.2) is 4.79 Å². The van der Waals surface area contributed by atoms with Gasteiger partial charge in [0.05, 0.1) is 6.54 Å². The molecule has 4 aromatic rings. The van der Waals surface area contributed by atoms with Crippen molar-refractivity contribution in [1.82, 2.24) is 14.5 Å². The minimum Gasteiger partial charge on any atom is -0.476 e. The van der Waals surface area contributed by atoms with E-state index >= 15 is 0 Å². The van der Waals surface area contributed by atoms with Crippen molar-refractivity contribution in [1.29, 1.82) is 0 Å². The quantitative estimate of drug-likeness (QED) is 0.381. The van der Waals surface area contributed by atoms with Crippen LogP contribution in [-0.2, 0) is 6.54 Å². The van der Waals surface area contributed by atoms with Crippen LogP contribution in [0.4, 0.5) is 0 Å². The molecule has 0 saturated heterocycles. The van der Waals surface area contributed by atoms with Crippen molar-refractivity contribution in [3.63, 3.8) is 0 Å². The summed E-state index contributed by atoms with van der Waals surface area (Å²) in [7, 11) is 0. The number of hydrogen-bond donors (Lipinski definition) is 1. The maximum Gasteiger partial charge on any atom is 0.358 e. The number of carboxylic acids is 1. The number of halogens is 2. The average molecular weight is 454 g/mol. The summed E-state index contributed by atoms with van der Waals surface area (Å²) >= 11 is 12.5. The van der Waals surface area contributed by atoms with Gasteiger partial charge in [0.25, 0.3) is 5.88 Å². The van der Waals surface area contributed by atoms with Crippen LogP contribution in [0.25, 0.3) is 11.4 Å². The first-order valence-electron chi connectivity index (χ1n) is 9.35. The Bertz CT molecular complexity index is 1240. The molecule has 0 aliphatic carbocycles. The van der Waals surface area contributed by atoms with Gasteiger partial charge >= 0.3 is 5.97 Å². The molecule has 0 amide bonds. The van der Waals surface area contributed by atoms with Crippen molar-refractivity contribution in [2.75, 3.05) is 0 Å². The molecule has 2 aromatic carbocycles. The highest BCUT2D eigenvalue weighted by molar-refractivity contribution is 6.33. The third-order valence-electron chi connectivity index (χ3n) is 4.63. The first-order valence-corrected chi connectivity index (χ1v) is 10.1. The number of pyridine rings is 1. The summed E-state index contributed by atoms with van der Waals surface area (Å²) in [6.45, 7) is 2.09. The van der Waals surface area contributed by atoms with Gasteiger partial charge < -0.3 is 14.4 Å². The normalized spacial score (nSPS) is 10.8. The van der Waals surface area contributed by atoms with Crippen LogP contribution < -0.4 is 4.74 Å². The highest BCUT2D eigenvalue weighted by Crippen LogP contribution is 2.32. The molecule has 8 heteroatoms. The zero-order chi connectivity index (χ0) is 22.0. The second-order valence-electron chi connectivity index (χ2n) is 6.87. The number of ether oxygens (including phenoxy) is 1. The molecular weight excluding hydrogens is 437 g/mol. The van der Waals surface area contributed by atoms with E-state index in [-0.39, 0.29) is 18.1 Å². The first kappa shape index (κ1) is 20.9. The Kier molecular flexibility index (Phi) is 5.93.